The lowest BCUT2D eigenvalue weighted by molar-refractivity contribution is -0.121. The van der Waals surface area contributed by atoms with Crippen LogP contribution in [0, 0.1) is 0 Å². The Labute approximate surface area is 103 Å². The summed E-state index contributed by atoms with van der Waals surface area (Å²) in [4.78, 5) is 12.4. The number of rotatable bonds is 5. The summed E-state index contributed by atoms with van der Waals surface area (Å²) in [6.45, 7) is 0.302. The molecule has 1 amide bonds. The van der Waals surface area contributed by atoms with Crippen molar-refractivity contribution in [2.24, 2.45) is 5.84 Å². The Balaban J connectivity index is 2.67. The van der Waals surface area contributed by atoms with E-state index in [1.807, 2.05) is 12.1 Å². The molecule has 0 aliphatic carbocycles. The van der Waals surface area contributed by atoms with E-state index in [4.69, 9.17) is 22.2 Å². The van der Waals surface area contributed by atoms with Gasteiger partial charge in [0.2, 0.25) is 5.91 Å². The van der Waals surface area contributed by atoms with Crippen molar-refractivity contribution >= 4 is 29.3 Å². The van der Waals surface area contributed by atoms with Gasteiger partial charge in [-0.15, -0.1) is 11.8 Å². The molecule has 1 unspecified atom stereocenters. The van der Waals surface area contributed by atoms with Gasteiger partial charge in [-0.2, -0.15) is 0 Å². The highest BCUT2D eigenvalue weighted by atomic mass is 35.5. The Morgan fingerprint density at radius 1 is 1.56 bits per heavy atom. The van der Waals surface area contributed by atoms with Crippen LogP contribution in [0.1, 0.15) is 0 Å². The molecular weight excluding hydrogens is 248 g/mol. The molecule has 88 valence electrons. The van der Waals surface area contributed by atoms with Gasteiger partial charge in [0.05, 0.1) is 6.61 Å². The second-order valence-electron chi connectivity index (χ2n) is 3.02. The van der Waals surface area contributed by atoms with E-state index >= 15 is 0 Å². The third-order valence-corrected chi connectivity index (χ3v) is 3.28. The molecule has 0 radical (unpaired) electrons. The average molecular weight is 261 g/mol. The number of hydrogen-bond acceptors (Lipinski definition) is 4. The Morgan fingerprint density at radius 2 is 2.19 bits per heavy atom. The fourth-order valence-electron chi connectivity index (χ4n) is 1.08. The number of nitrogens with two attached hydrogens (primary N) is 1. The van der Waals surface area contributed by atoms with Crippen LogP contribution in [0.25, 0.3) is 0 Å². The van der Waals surface area contributed by atoms with Crippen LogP contribution < -0.4 is 11.3 Å². The number of benzene rings is 1. The Hall–Kier alpha value is -0.750. The molecule has 3 N–H and O–H groups in total. The van der Waals surface area contributed by atoms with E-state index in [-0.39, 0.29) is 11.2 Å². The van der Waals surface area contributed by atoms with Gasteiger partial charge in [0.15, 0.2) is 0 Å². The molecule has 0 aliphatic heterocycles. The van der Waals surface area contributed by atoms with Crippen molar-refractivity contribution in [1.82, 2.24) is 5.43 Å². The fraction of sp³-hybridized carbons (Fsp3) is 0.300. The summed E-state index contributed by atoms with van der Waals surface area (Å²) in [5.41, 5.74) is 2.12. The average Bonchev–Trinajstić information content (AvgIpc) is 2.30. The number of hydrogen-bond donors (Lipinski definition) is 2. The Kier molecular flexibility index (Phi) is 5.62. The Morgan fingerprint density at radius 3 is 2.69 bits per heavy atom. The second kappa shape index (κ2) is 6.75. The van der Waals surface area contributed by atoms with Crippen molar-refractivity contribution in [2.75, 3.05) is 13.7 Å². The molecule has 1 aromatic rings. The maximum atomic E-state index is 11.4. The fourth-order valence-corrected chi connectivity index (χ4v) is 2.21. The van der Waals surface area contributed by atoms with E-state index in [1.54, 1.807) is 19.2 Å². The van der Waals surface area contributed by atoms with E-state index < -0.39 is 0 Å². The number of ether oxygens (including phenoxy) is 1. The number of methoxy groups -OCH3 is 1. The van der Waals surface area contributed by atoms with Gasteiger partial charge in [0.1, 0.15) is 5.25 Å². The minimum Gasteiger partial charge on any atom is -0.383 e. The quantitative estimate of drug-likeness (QED) is 0.364. The third kappa shape index (κ3) is 4.02. The normalized spacial score (nSPS) is 12.2. The van der Waals surface area contributed by atoms with Gasteiger partial charge >= 0.3 is 0 Å². The maximum absolute atomic E-state index is 11.4. The molecule has 0 spiro atoms. The zero-order valence-corrected chi connectivity index (χ0v) is 10.3. The van der Waals surface area contributed by atoms with Crippen molar-refractivity contribution in [3.05, 3.63) is 29.3 Å². The van der Waals surface area contributed by atoms with Crippen molar-refractivity contribution in [2.45, 2.75) is 10.1 Å². The minimum atomic E-state index is -0.365. The first-order valence-electron chi connectivity index (χ1n) is 4.59. The summed E-state index contributed by atoms with van der Waals surface area (Å²) in [5, 5.41) is 0.298. The van der Waals surface area contributed by atoms with Crippen LogP contribution in [0.4, 0.5) is 0 Å². The molecule has 1 atom stereocenters. The molecule has 0 aromatic heterocycles. The summed E-state index contributed by atoms with van der Waals surface area (Å²) in [5.74, 6) is 4.83. The first-order chi connectivity index (χ1) is 7.67. The molecule has 1 aromatic carbocycles. The lowest BCUT2D eigenvalue weighted by atomic mass is 10.4. The molecule has 16 heavy (non-hydrogen) atoms. The van der Waals surface area contributed by atoms with E-state index in [2.05, 4.69) is 5.43 Å². The molecule has 0 bridgehead atoms. The third-order valence-electron chi connectivity index (χ3n) is 1.84. The van der Waals surface area contributed by atoms with Gasteiger partial charge in [-0.3, -0.25) is 10.2 Å². The SMILES string of the molecule is COCC(Sc1ccc(Cl)cc1)C(=O)NN. The molecule has 0 saturated carbocycles. The number of carbonyl (C=O) groups is 1. The predicted octanol–water partition coefficient (Wildman–Crippen LogP) is 1.44. The summed E-state index contributed by atoms with van der Waals surface area (Å²) >= 11 is 7.14. The monoisotopic (exact) mass is 260 g/mol. The standard InChI is InChI=1S/C10H13ClN2O2S/c1-15-6-9(10(14)13-12)16-8-4-2-7(11)3-5-8/h2-5,9H,6,12H2,1H3,(H,13,14). The number of nitrogens with one attached hydrogen (secondary N) is 1. The number of hydrazine groups is 1. The molecule has 0 heterocycles. The molecule has 4 nitrogen and oxygen atoms in total. The molecule has 0 aliphatic rings. The summed E-state index contributed by atoms with van der Waals surface area (Å²) in [6.07, 6.45) is 0. The number of halogens is 1. The first-order valence-corrected chi connectivity index (χ1v) is 5.84. The lowest BCUT2D eigenvalue weighted by Gasteiger charge is -2.13. The second-order valence-corrected chi connectivity index (χ2v) is 4.74. The lowest BCUT2D eigenvalue weighted by Crippen LogP contribution is -2.39. The zero-order valence-electron chi connectivity index (χ0n) is 8.77. The van der Waals surface area contributed by atoms with Crippen LogP contribution in [-0.2, 0) is 9.53 Å². The van der Waals surface area contributed by atoms with Crippen molar-refractivity contribution in [3.63, 3.8) is 0 Å². The topological polar surface area (TPSA) is 64.3 Å². The molecular formula is C10H13ClN2O2S. The smallest absolute Gasteiger partial charge is 0.249 e. The van der Waals surface area contributed by atoms with Crippen LogP contribution in [-0.4, -0.2) is 24.9 Å². The van der Waals surface area contributed by atoms with Crippen LogP contribution in [0.3, 0.4) is 0 Å². The van der Waals surface area contributed by atoms with Gasteiger partial charge < -0.3 is 4.74 Å². The van der Waals surface area contributed by atoms with Crippen LogP contribution in [0.15, 0.2) is 29.2 Å². The minimum absolute atomic E-state index is 0.262. The largest absolute Gasteiger partial charge is 0.383 e. The number of carbonyl (C=O) groups excluding carboxylic acids is 1. The number of thioether (sulfide) groups is 1. The van der Waals surface area contributed by atoms with Crippen molar-refractivity contribution in [1.29, 1.82) is 0 Å². The number of amides is 1. The van der Waals surface area contributed by atoms with E-state index in [9.17, 15) is 4.79 Å². The summed E-state index contributed by atoms with van der Waals surface area (Å²) in [7, 11) is 1.54. The maximum Gasteiger partial charge on any atom is 0.249 e. The van der Waals surface area contributed by atoms with Crippen LogP contribution in [0.2, 0.25) is 5.02 Å². The van der Waals surface area contributed by atoms with Gasteiger partial charge in [-0.1, -0.05) is 11.6 Å². The summed E-state index contributed by atoms with van der Waals surface area (Å²) < 4.78 is 4.96. The molecule has 0 fully saturated rings. The highest BCUT2D eigenvalue weighted by Gasteiger charge is 2.18. The van der Waals surface area contributed by atoms with Crippen molar-refractivity contribution in [3.8, 4) is 0 Å². The van der Waals surface area contributed by atoms with Gasteiger partial charge in [-0.25, -0.2) is 5.84 Å². The van der Waals surface area contributed by atoms with Crippen LogP contribution >= 0.6 is 23.4 Å². The van der Waals surface area contributed by atoms with E-state index in [0.29, 0.717) is 11.6 Å². The van der Waals surface area contributed by atoms with E-state index in [1.165, 1.54) is 11.8 Å². The highest BCUT2D eigenvalue weighted by Crippen LogP contribution is 2.25. The van der Waals surface area contributed by atoms with Gasteiger partial charge in [-0.05, 0) is 24.3 Å². The first kappa shape index (κ1) is 13.3. The highest BCUT2D eigenvalue weighted by molar-refractivity contribution is 8.00. The van der Waals surface area contributed by atoms with Gasteiger partial charge in [0.25, 0.3) is 0 Å². The van der Waals surface area contributed by atoms with Crippen molar-refractivity contribution < 1.29 is 9.53 Å². The predicted molar refractivity (Wildman–Crippen MR) is 65.3 cm³/mol. The van der Waals surface area contributed by atoms with E-state index in [0.717, 1.165) is 4.90 Å². The zero-order chi connectivity index (χ0) is 12.0. The summed E-state index contributed by atoms with van der Waals surface area (Å²) in [6, 6.07) is 7.24. The molecule has 6 heteroatoms. The molecule has 0 saturated heterocycles. The van der Waals surface area contributed by atoms with Crippen LogP contribution in [0.5, 0.6) is 0 Å². The Bertz CT molecular complexity index is 345. The van der Waals surface area contributed by atoms with Gasteiger partial charge in [0, 0.05) is 17.0 Å². The molecule has 1 rings (SSSR count).